The molecular weight excluding hydrogens is 456 g/mol. The van der Waals surface area contributed by atoms with Crippen molar-refractivity contribution in [2.45, 2.75) is 18.7 Å². The van der Waals surface area contributed by atoms with Crippen LogP contribution in [-0.2, 0) is 10.0 Å². The van der Waals surface area contributed by atoms with Crippen molar-refractivity contribution >= 4 is 27.3 Å². The van der Waals surface area contributed by atoms with Gasteiger partial charge in [-0.1, -0.05) is 12.1 Å². The van der Waals surface area contributed by atoms with E-state index in [1.807, 2.05) is 13.0 Å². The molecule has 0 fully saturated rings. The summed E-state index contributed by atoms with van der Waals surface area (Å²) in [6.45, 7) is 3.64. The number of carbonyl (C=O) groups excluding carboxylic acids is 1. The van der Waals surface area contributed by atoms with E-state index in [4.69, 9.17) is 4.74 Å². The number of ether oxygens (including phenoxy) is 1. The van der Waals surface area contributed by atoms with Crippen molar-refractivity contribution in [2.75, 3.05) is 17.1 Å². The Balaban J connectivity index is 1.58. The van der Waals surface area contributed by atoms with E-state index < -0.39 is 15.9 Å². The molecule has 0 radical (unpaired) electrons. The van der Waals surface area contributed by atoms with Gasteiger partial charge in [-0.3, -0.25) is 9.52 Å². The maximum Gasteiger partial charge on any atom is 0.261 e. The number of methoxy groups -OCH3 is 1. The minimum absolute atomic E-state index is 0.0302. The highest BCUT2D eigenvalue weighted by molar-refractivity contribution is 7.92. The number of carbonyl (C=O) groups is 1. The number of nitrogens with one attached hydrogen (secondary N) is 2. The second-order valence-corrected chi connectivity index (χ2v) is 9.20. The van der Waals surface area contributed by atoms with Crippen molar-refractivity contribution in [3.63, 3.8) is 0 Å². The summed E-state index contributed by atoms with van der Waals surface area (Å²) >= 11 is 0. The molecule has 2 N–H and O–H groups in total. The lowest BCUT2D eigenvalue weighted by atomic mass is 10.1. The van der Waals surface area contributed by atoms with Gasteiger partial charge in [0.1, 0.15) is 12.1 Å². The average molecular weight is 479 g/mol. The number of amides is 1. The fraction of sp³-hybridized carbons (Fsp3) is 0.130. The van der Waals surface area contributed by atoms with Crippen molar-refractivity contribution < 1.29 is 17.9 Å². The highest BCUT2D eigenvalue weighted by Crippen LogP contribution is 2.23. The molecule has 1 amide bonds. The lowest BCUT2D eigenvalue weighted by Crippen LogP contribution is -2.17. The minimum atomic E-state index is -3.92. The van der Waals surface area contributed by atoms with Crippen LogP contribution >= 0.6 is 0 Å². The van der Waals surface area contributed by atoms with E-state index in [9.17, 15) is 13.2 Å². The largest absolute Gasteiger partial charge is 0.497 e. The first-order chi connectivity index (χ1) is 16.3. The van der Waals surface area contributed by atoms with Crippen molar-refractivity contribution in [1.82, 2.24) is 20.2 Å². The number of nitrogens with zero attached hydrogens (tertiary/aromatic N) is 4. The Morgan fingerprint density at radius 3 is 2.32 bits per heavy atom. The Hall–Kier alpha value is -4.25. The zero-order chi connectivity index (χ0) is 24.3. The number of hydrogen-bond acceptors (Lipinski definition) is 7. The summed E-state index contributed by atoms with van der Waals surface area (Å²) in [5.41, 5.74) is 3.39. The van der Waals surface area contributed by atoms with Crippen LogP contribution in [0.1, 0.15) is 21.5 Å². The van der Waals surface area contributed by atoms with Crippen LogP contribution in [0.2, 0.25) is 0 Å². The summed E-state index contributed by atoms with van der Waals surface area (Å²) in [6, 6.07) is 16.2. The Labute approximate surface area is 196 Å². The molecule has 34 heavy (non-hydrogen) atoms. The van der Waals surface area contributed by atoms with Gasteiger partial charge in [0.05, 0.1) is 17.7 Å². The minimum Gasteiger partial charge on any atom is -0.497 e. The quantitative estimate of drug-likeness (QED) is 0.417. The molecule has 0 atom stereocenters. The van der Waals surface area contributed by atoms with Crippen LogP contribution < -0.4 is 14.8 Å². The molecular formula is C23H22N6O4S. The highest BCUT2D eigenvalue weighted by Gasteiger charge is 2.19. The van der Waals surface area contributed by atoms with Gasteiger partial charge in [-0.25, -0.2) is 13.1 Å². The molecule has 0 aliphatic carbocycles. The topological polar surface area (TPSA) is 128 Å². The van der Waals surface area contributed by atoms with E-state index in [1.54, 1.807) is 49.4 Å². The number of anilines is 2. The molecule has 11 heteroatoms. The number of aromatic nitrogens is 4. The van der Waals surface area contributed by atoms with E-state index in [1.165, 1.54) is 30.3 Å². The van der Waals surface area contributed by atoms with Crippen molar-refractivity contribution in [1.29, 1.82) is 0 Å². The molecule has 1 aromatic heterocycles. The molecule has 0 aliphatic rings. The van der Waals surface area contributed by atoms with Crippen LogP contribution in [0.5, 0.6) is 5.75 Å². The van der Waals surface area contributed by atoms with Crippen LogP contribution in [-0.4, -0.2) is 41.6 Å². The van der Waals surface area contributed by atoms with Gasteiger partial charge in [-0.15, -0.1) is 5.10 Å². The predicted octanol–water partition coefficient (Wildman–Crippen LogP) is 3.34. The third kappa shape index (κ3) is 4.89. The maximum atomic E-state index is 13.0. The van der Waals surface area contributed by atoms with Gasteiger partial charge in [-0.2, -0.15) is 0 Å². The van der Waals surface area contributed by atoms with Gasteiger partial charge in [0.15, 0.2) is 0 Å². The van der Waals surface area contributed by atoms with Crippen molar-refractivity contribution in [3.8, 4) is 11.4 Å². The zero-order valence-electron chi connectivity index (χ0n) is 18.7. The van der Waals surface area contributed by atoms with Gasteiger partial charge in [-0.05, 0) is 83.9 Å². The molecule has 174 valence electrons. The lowest BCUT2D eigenvalue weighted by Gasteiger charge is -2.13. The molecule has 0 unspecified atom stereocenters. The summed E-state index contributed by atoms with van der Waals surface area (Å²) in [5, 5.41) is 14.0. The summed E-state index contributed by atoms with van der Waals surface area (Å²) in [7, 11) is -2.39. The van der Waals surface area contributed by atoms with Crippen LogP contribution in [0, 0.1) is 13.8 Å². The summed E-state index contributed by atoms with van der Waals surface area (Å²) < 4.78 is 34.9. The highest BCUT2D eigenvalue weighted by atomic mass is 32.2. The SMILES string of the molecule is COc1ccc(NS(=O)(=O)c2ccc(C)c(C(=O)Nc3ccc(C)c(-n4cnnn4)c3)c2)cc1. The Morgan fingerprint density at radius 2 is 1.65 bits per heavy atom. The third-order valence-corrected chi connectivity index (χ3v) is 6.55. The van der Waals surface area contributed by atoms with Gasteiger partial charge >= 0.3 is 0 Å². The Morgan fingerprint density at radius 1 is 0.941 bits per heavy atom. The van der Waals surface area contributed by atoms with Gasteiger partial charge in [0.25, 0.3) is 15.9 Å². The van der Waals surface area contributed by atoms with Gasteiger partial charge in [0.2, 0.25) is 0 Å². The van der Waals surface area contributed by atoms with E-state index in [2.05, 4.69) is 25.6 Å². The number of benzene rings is 3. The smallest absolute Gasteiger partial charge is 0.261 e. The van der Waals surface area contributed by atoms with E-state index in [0.29, 0.717) is 28.4 Å². The third-order valence-electron chi connectivity index (χ3n) is 5.17. The van der Waals surface area contributed by atoms with Crippen LogP contribution in [0.15, 0.2) is 71.9 Å². The average Bonchev–Trinajstić information content (AvgIpc) is 3.35. The summed E-state index contributed by atoms with van der Waals surface area (Å²) in [6.07, 6.45) is 1.46. The molecule has 4 rings (SSSR count). The fourth-order valence-electron chi connectivity index (χ4n) is 3.29. The second kappa shape index (κ2) is 9.32. The molecule has 0 saturated heterocycles. The number of aryl methyl sites for hydroxylation is 2. The fourth-order valence-corrected chi connectivity index (χ4v) is 4.37. The van der Waals surface area contributed by atoms with Crippen LogP contribution in [0.3, 0.4) is 0 Å². The number of hydrogen-bond donors (Lipinski definition) is 2. The van der Waals surface area contributed by atoms with Crippen molar-refractivity contribution in [2.24, 2.45) is 0 Å². The second-order valence-electron chi connectivity index (χ2n) is 7.52. The Bertz CT molecular complexity index is 1440. The molecule has 10 nitrogen and oxygen atoms in total. The molecule has 4 aromatic rings. The van der Waals surface area contributed by atoms with E-state index in [0.717, 1.165) is 5.56 Å². The maximum absolute atomic E-state index is 13.0. The first-order valence-corrected chi connectivity index (χ1v) is 11.7. The van der Waals surface area contributed by atoms with E-state index in [-0.39, 0.29) is 10.5 Å². The zero-order valence-corrected chi connectivity index (χ0v) is 19.5. The standard InChI is InChI=1S/C23H22N6O4S/c1-15-5-11-20(34(31,32)26-17-7-9-19(33-3)10-8-17)13-21(15)23(30)25-18-6-4-16(2)22(12-18)29-14-24-27-28-29/h4-14,26H,1-3H3,(H,25,30). The Kier molecular flexibility index (Phi) is 6.28. The number of rotatable bonds is 7. The monoisotopic (exact) mass is 478 g/mol. The van der Waals surface area contributed by atoms with Crippen molar-refractivity contribution in [3.05, 3.63) is 83.7 Å². The molecule has 0 aliphatic heterocycles. The lowest BCUT2D eigenvalue weighted by molar-refractivity contribution is 0.102. The van der Waals surface area contributed by atoms with E-state index >= 15 is 0 Å². The number of tetrazole rings is 1. The number of sulfonamides is 1. The normalized spacial score (nSPS) is 11.1. The molecule has 3 aromatic carbocycles. The van der Waals surface area contributed by atoms with Crippen LogP contribution in [0.4, 0.5) is 11.4 Å². The van der Waals surface area contributed by atoms with Crippen LogP contribution in [0.25, 0.3) is 5.69 Å². The summed E-state index contributed by atoms with van der Waals surface area (Å²) in [5.74, 6) is 0.169. The first kappa shape index (κ1) is 22.9. The predicted molar refractivity (Wildman–Crippen MR) is 127 cm³/mol. The molecule has 0 bridgehead atoms. The first-order valence-electron chi connectivity index (χ1n) is 10.2. The molecule has 1 heterocycles. The van der Waals surface area contributed by atoms with Gasteiger partial charge < -0.3 is 10.1 Å². The molecule has 0 spiro atoms. The molecule has 0 saturated carbocycles. The van der Waals surface area contributed by atoms with Gasteiger partial charge in [0, 0.05) is 16.9 Å². The summed E-state index contributed by atoms with van der Waals surface area (Å²) in [4.78, 5) is 13.0.